The molecular formula is C20H24O8. The van der Waals surface area contributed by atoms with Gasteiger partial charge in [0.25, 0.3) is 0 Å². The van der Waals surface area contributed by atoms with Crippen molar-refractivity contribution in [3.63, 3.8) is 0 Å². The van der Waals surface area contributed by atoms with Gasteiger partial charge in [-0.25, -0.2) is 9.59 Å². The zero-order chi connectivity index (χ0) is 21.1. The minimum atomic E-state index is -0.804. The highest BCUT2D eigenvalue weighted by molar-refractivity contribution is 5.97. The molecule has 28 heavy (non-hydrogen) atoms. The summed E-state index contributed by atoms with van der Waals surface area (Å²) in [4.78, 5) is 70.2. The Morgan fingerprint density at radius 2 is 1.11 bits per heavy atom. The number of Topliss-reactive ketones (excluding diaryl/α,β-unsaturated/α-hetero) is 2. The number of allylic oxidation sites excluding steroid dienone is 2. The number of carbonyl (C=O) groups is 6. The summed E-state index contributed by atoms with van der Waals surface area (Å²) in [5.74, 6) is -2.81. The first kappa shape index (κ1) is 23.1. The van der Waals surface area contributed by atoms with Crippen LogP contribution in [0.3, 0.4) is 0 Å². The van der Waals surface area contributed by atoms with Crippen LogP contribution in [0, 0.1) is 0 Å². The quantitative estimate of drug-likeness (QED) is 0.661. The van der Waals surface area contributed by atoms with E-state index in [-0.39, 0.29) is 50.1 Å². The van der Waals surface area contributed by atoms with E-state index >= 15 is 0 Å². The summed E-state index contributed by atoms with van der Waals surface area (Å²) in [5, 5.41) is 0. The first-order chi connectivity index (χ1) is 13.2. The first-order valence-corrected chi connectivity index (χ1v) is 8.97. The third kappa shape index (κ3) is 10.3. The third-order valence-corrected chi connectivity index (χ3v) is 3.83. The maximum absolute atomic E-state index is 11.9. The van der Waals surface area contributed by atoms with Crippen molar-refractivity contribution in [2.45, 2.75) is 64.6 Å². The first-order valence-electron chi connectivity index (χ1n) is 8.97. The van der Waals surface area contributed by atoms with Crippen LogP contribution >= 0.6 is 0 Å². The Balaban J connectivity index is 2.95. The van der Waals surface area contributed by atoms with Gasteiger partial charge in [0.2, 0.25) is 0 Å². The lowest BCUT2D eigenvalue weighted by atomic mass is 10.1. The van der Waals surface area contributed by atoms with Crippen LogP contribution < -0.4 is 0 Å². The molecule has 0 radical (unpaired) electrons. The zero-order valence-corrected chi connectivity index (χ0v) is 16.0. The molecular weight excluding hydrogens is 368 g/mol. The van der Waals surface area contributed by atoms with Gasteiger partial charge in [-0.3, -0.25) is 19.2 Å². The van der Waals surface area contributed by atoms with Crippen LogP contribution in [0.4, 0.5) is 0 Å². The molecule has 8 nitrogen and oxygen atoms in total. The molecule has 1 aliphatic rings. The van der Waals surface area contributed by atoms with Gasteiger partial charge < -0.3 is 9.47 Å². The molecule has 0 aromatic heterocycles. The Kier molecular flexibility index (Phi) is 9.70. The molecule has 8 heteroatoms. The summed E-state index contributed by atoms with van der Waals surface area (Å²) in [7, 11) is 0. The van der Waals surface area contributed by atoms with E-state index < -0.39 is 35.7 Å². The van der Waals surface area contributed by atoms with E-state index in [0.29, 0.717) is 0 Å². The monoisotopic (exact) mass is 392 g/mol. The fourth-order valence-corrected chi connectivity index (χ4v) is 2.55. The summed E-state index contributed by atoms with van der Waals surface area (Å²) in [5.41, 5.74) is 0. The highest BCUT2D eigenvalue weighted by Crippen LogP contribution is 2.12. The van der Waals surface area contributed by atoms with Crippen LogP contribution in [0.25, 0.3) is 0 Å². The van der Waals surface area contributed by atoms with E-state index in [4.69, 9.17) is 9.47 Å². The molecule has 0 fully saturated rings. The predicted molar refractivity (Wildman–Crippen MR) is 97.1 cm³/mol. The van der Waals surface area contributed by atoms with Crippen LogP contribution in [0.2, 0.25) is 0 Å². The molecule has 152 valence electrons. The van der Waals surface area contributed by atoms with Crippen molar-refractivity contribution in [2.24, 2.45) is 0 Å². The summed E-state index contributed by atoms with van der Waals surface area (Å²) >= 11 is 0. The normalized spacial score (nSPS) is 24.8. The highest BCUT2D eigenvalue weighted by atomic mass is 16.5. The van der Waals surface area contributed by atoms with E-state index in [0.717, 1.165) is 24.3 Å². The highest BCUT2D eigenvalue weighted by Gasteiger charge is 2.19. The van der Waals surface area contributed by atoms with Crippen molar-refractivity contribution < 1.29 is 38.2 Å². The van der Waals surface area contributed by atoms with Crippen LogP contribution in [-0.2, 0) is 38.2 Å². The lowest BCUT2D eigenvalue weighted by molar-refractivity contribution is -0.145. The molecule has 0 aliphatic carbocycles. The minimum absolute atomic E-state index is 0.0471. The second-order valence-electron chi connectivity index (χ2n) is 6.61. The lowest BCUT2D eigenvalue weighted by Crippen LogP contribution is -2.22. The second-order valence-corrected chi connectivity index (χ2v) is 6.61. The van der Waals surface area contributed by atoms with Crippen molar-refractivity contribution in [1.82, 2.24) is 0 Å². The molecule has 1 aliphatic heterocycles. The molecule has 0 aromatic carbocycles. The fraction of sp³-hybridized carbons (Fsp3) is 0.500. The van der Waals surface area contributed by atoms with Crippen molar-refractivity contribution in [2.75, 3.05) is 0 Å². The predicted octanol–water partition coefficient (Wildman–Crippen LogP) is 1.59. The number of hydrogen-bond donors (Lipinski definition) is 0. The number of ketones is 4. The Hall–Kier alpha value is -2.90. The van der Waals surface area contributed by atoms with E-state index in [1.54, 1.807) is 0 Å². The Bertz CT molecular complexity index is 641. The molecule has 0 amide bonds. The molecule has 0 N–H and O–H groups in total. The van der Waals surface area contributed by atoms with Crippen molar-refractivity contribution >= 4 is 35.1 Å². The number of cyclic esters (lactones) is 2. The van der Waals surface area contributed by atoms with Gasteiger partial charge in [0.1, 0.15) is 23.8 Å². The Morgan fingerprint density at radius 1 is 0.750 bits per heavy atom. The van der Waals surface area contributed by atoms with E-state index in [2.05, 4.69) is 0 Å². The average Bonchev–Trinajstić information content (AvgIpc) is 2.59. The Morgan fingerprint density at radius 3 is 1.43 bits per heavy atom. The van der Waals surface area contributed by atoms with E-state index in [1.807, 2.05) is 0 Å². The van der Waals surface area contributed by atoms with Crippen LogP contribution in [0.1, 0.15) is 52.4 Å². The minimum Gasteiger partial charge on any atom is -0.459 e. The van der Waals surface area contributed by atoms with Gasteiger partial charge in [0.05, 0.1) is 0 Å². The molecule has 0 unspecified atom stereocenters. The van der Waals surface area contributed by atoms with Crippen LogP contribution in [0.15, 0.2) is 24.3 Å². The average molecular weight is 392 g/mol. The molecule has 0 aromatic rings. The number of hydrogen-bond acceptors (Lipinski definition) is 8. The Labute approximate surface area is 162 Å². The second kappa shape index (κ2) is 11.7. The third-order valence-electron chi connectivity index (χ3n) is 3.83. The molecule has 2 atom stereocenters. The van der Waals surface area contributed by atoms with Gasteiger partial charge >= 0.3 is 11.9 Å². The van der Waals surface area contributed by atoms with Gasteiger partial charge in [-0.2, -0.15) is 0 Å². The topological polar surface area (TPSA) is 121 Å². The lowest BCUT2D eigenvalue weighted by Gasteiger charge is -2.16. The molecule has 1 heterocycles. The molecule has 0 bridgehead atoms. The number of carbonyl (C=O) groups excluding carboxylic acids is 6. The van der Waals surface area contributed by atoms with Gasteiger partial charge in [-0.05, 0) is 38.8 Å². The number of ether oxygens (including phenoxy) is 2. The molecule has 1 rings (SSSR count). The maximum atomic E-state index is 11.9. The summed E-state index contributed by atoms with van der Waals surface area (Å²) in [6, 6.07) is 0. The van der Waals surface area contributed by atoms with E-state index in [9.17, 15) is 28.8 Å². The van der Waals surface area contributed by atoms with Gasteiger partial charge in [-0.15, -0.1) is 0 Å². The molecule has 0 saturated heterocycles. The van der Waals surface area contributed by atoms with Gasteiger partial charge in [-0.1, -0.05) is 0 Å². The SMILES string of the molecule is CC(=O)C[C@H]1CCC(=O)/C=C/C(=O)O[C@@H](CC(C)=O)CCC(=O)/C=C/C(=O)O1. The number of rotatable bonds is 4. The summed E-state index contributed by atoms with van der Waals surface area (Å²) in [6.45, 7) is 2.67. The largest absolute Gasteiger partial charge is 0.459 e. The standard InChI is InChI=1S/C20H24O8/c1-13(21)11-17-7-3-15(23)6-10-20(26)28-18(12-14(2)22)8-4-16(24)5-9-19(25)27-17/h5-6,9-10,17-18H,3-4,7-8,11-12H2,1-2H3/b9-5+,10-6+/t17-,18-/m1/s1. The maximum Gasteiger partial charge on any atom is 0.331 e. The molecule has 0 spiro atoms. The van der Waals surface area contributed by atoms with Gasteiger partial charge in [0, 0.05) is 37.8 Å². The van der Waals surface area contributed by atoms with Crippen LogP contribution in [-0.4, -0.2) is 47.3 Å². The van der Waals surface area contributed by atoms with Crippen molar-refractivity contribution in [3.8, 4) is 0 Å². The zero-order valence-electron chi connectivity index (χ0n) is 16.0. The fourth-order valence-electron chi connectivity index (χ4n) is 2.55. The van der Waals surface area contributed by atoms with Gasteiger partial charge in [0.15, 0.2) is 11.6 Å². The van der Waals surface area contributed by atoms with Crippen molar-refractivity contribution in [1.29, 1.82) is 0 Å². The molecule has 0 saturated carbocycles. The van der Waals surface area contributed by atoms with Crippen molar-refractivity contribution in [3.05, 3.63) is 24.3 Å². The summed E-state index contributed by atoms with van der Waals surface area (Å²) in [6.07, 6.45) is 2.36. The van der Waals surface area contributed by atoms with E-state index in [1.165, 1.54) is 13.8 Å². The summed E-state index contributed by atoms with van der Waals surface area (Å²) < 4.78 is 10.3. The number of esters is 2. The van der Waals surface area contributed by atoms with Crippen LogP contribution in [0.5, 0.6) is 0 Å². The smallest absolute Gasteiger partial charge is 0.331 e.